The van der Waals surface area contributed by atoms with Crippen LogP contribution in [0.25, 0.3) is 0 Å². The van der Waals surface area contributed by atoms with E-state index in [-0.39, 0.29) is 12.0 Å². The Morgan fingerprint density at radius 1 is 1.08 bits per heavy atom. The molecule has 1 N–H and O–H groups in total. The average molecular weight is 343 g/mol. The predicted octanol–water partition coefficient (Wildman–Crippen LogP) is 3.52. The number of ether oxygens (including phenoxy) is 1. The first-order chi connectivity index (χ1) is 11.7. The van der Waals surface area contributed by atoms with Crippen LogP contribution in [0.3, 0.4) is 0 Å². The highest BCUT2D eigenvalue weighted by Crippen LogP contribution is 2.41. The summed E-state index contributed by atoms with van der Waals surface area (Å²) in [5.74, 6) is -0.674. The third-order valence-corrected chi connectivity index (χ3v) is 5.11. The third kappa shape index (κ3) is 3.54. The quantitative estimate of drug-likeness (QED) is 0.920. The fraction of sp³-hybridized carbons (Fsp3) is 0.222. The molecule has 1 amide bonds. The molecule has 0 spiro atoms. The van der Waals surface area contributed by atoms with Crippen molar-refractivity contribution in [3.8, 4) is 0 Å². The monoisotopic (exact) mass is 343 g/mol. The second kappa shape index (κ2) is 7.40. The molecule has 0 aromatic heterocycles. The van der Waals surface area contributed by atoms with Crippen LogP contribution < -0.4 is 0 Å². The number of hydrogen-bond acceptors (Lipinski definition) is 4. The predicted molar refractivity (Wildman–Crippen MR) is 91.5 cm³/mol. The van der Waals surface area contributed by atoms with Gasteiger partial charge in [-0.3, -0.25) is 4.90 Å². The lowest BCUT2D eigenvalue weighted by Gasteiger charge is -2.26. The van der Waals surface area contributed by atoms with Gasteiger partial charge < -0.3 is 9.84 Å². The summed E-state index contributed by atoms with van der Waals surface area (Å²) >= 11 is 1.43. The van der Waals surface area contributed by atoms with E-state index in [0.29, 0.717) is 5.75 Å². The Bertz CT molecular complexity index is 707. The Labute approximate surface area is 144 Å². The molecular formula is C18H17NO4S. The number of rotatable bonds is 4. The van der Waals surface area contributed by atoms with E-state index in [4.69, 9.17) is 4.74 Å². The standard InChI is InChI=1S/C18H17NO4S/c20-17(21)15-12-24-16(14-9-5-2-6-10-14)19(15)18(22)23-11-13-7-3-1-4-8-13/h1-10,15-16H,11-12H2,(H,20,21)/t15?,16-/m1/s1. The highest BCUT2D eigenvalue weighted by Gasteiger charge is 2.43. The van der Waals surface area contributed by atoms with Gasteiger partial charge in [-0.05, 0) is 11.1 Å². The van der Waals surface area contributed by atoms with Crippen molar-refractivity contribution in [2.24, 2.45) is 0 Å². The molecule has 1 heterocycles. The van der Waals surface area contributed by atoms with Crippen LogP contribution in [-0.2, 0) is 16.1 Å². The largest absolute Gasteiger partial charge is 0.480 e. The van der Waals surface area contributed by atoms with Crippen LogP contribution in [0.1, 0.15) is 16.5 Å². The van der Waals surface area contributed by atoms with Crippen molar-refractivity contribution >= 4 is 23.8 Å². The summed E-state index contributed by atoms with van der Waals surface area (Å²) in [5.41, 5.74) is 1.75. The number of carbonyl (C=O) groups excluding carboxylic acids is 1. The Kier molecular flexibility index (Phi) is 5.05. The Hall–Kier alpha value is -2.47. The molecular weight excluding hydrogens is 326 g/mol. The van der Waals surface area contributed by atoms with E-state index >= 15 is 0 Å². The molecule has 1 unspecified atom stereocenters. The molecule has 1 aliphatic rings. The number of carboxylic acid groups (broad SMARTS) is 1. The third-order valence-electron chi connectivity index (χ3n) is 3.79. The fourth-order valence-corrected chi connectivity index (χ4v) is 4.00. The van der Waals surface area contributed by atoms with E-state index in [9.17, 15) is 14.7 Å². The fourth-order valence-electron chi connectivity index (χ4n) is 2.59. The summed E-state index contributed by atoms with van der Waals surface area (Å²) in [7, 11) is 0. The molecule has 0 bridgehead atoms. The minimum absolute atomic E-state index is 0.120. The zero-order valence-corrected chi connectivity index (χ0v) is 13.7. The number of benzene rings is 2. The number of carbonyl (C=O) groups is 2. The van der Waals surface area contributed by atoms with Gasteiger partial charge in [-0.1, -0.05) is 60.7 Å². The van der Waals surface area contributed by atoms with Crippen LogP contribution in [0.5, 0.6) is 0 Å². The molecule has 0 aliphatic carbocycles. The molecule has 0 radical (unpaired) electrons. The van der Waals surface area contributed by atoms with Crippen LogP contribution in [0.15, 0.2) is 60.7 Å². The van der Waals surface area contributed by atoms with Crippen molar-refractivity contribution in [1.82, 2.24) is 4.90 Å². The maximum Gasteiger partial charge on any atom is 0.412 e. The SMILES string of the molecule is O=C(O)C1CS[C@H](c2ccccc2)N1C(=O)OCc1ccccc1. The molecule has 1 fully saturated rings. The van der Waals surface area contributed by atoms with Crippen LogP contribution >= 0.6 is 11.8 Å². The van der Waals surface area contributed by atoms with Crippen molar-refractivity contribution < 1.29 is 19.4 Å². The van der Waals surface area contributed by atoms with Crippen LogP contribution in [0.4, 0.5) is 4.79 Å². The van der Waals surface area contributed by atoms with E-state index in [2.05, 4.69) is 0 Å². The van der Waals surface area contributed by atoms with E-state index in [0.717, 1.165) is 11.1 Å². The van der Waals surface area contributed by atoms with Crippen LogP contribution in [0.2, 0.25) is 0 Å². The molecule has 2 atom stereocenters. The molecule has 124 valence electrons. The number of amides is 1. The Morgan fingerprint density at radius 3 is 2.33 bits per heavy atom. The summed E-state index contributed by atoms with van der Waals surface area (Å²) < 4.78 is 5.35. The number of thioether (sulfide) groups is 1. The van der Waals surface area contributed by atoms with Gasteiger partial charge in [0, 0.05) is 5.75 Å². The van der Waals surface area contributed by atoms with Gasteiger partial charge in [0.2, 0.25) is 0 Å². The zero-order chi connectivity index (χ0) is 16.9. The van der Waals surface area contributed by atoms with Gasteiger partial charge in [-0.25, -0.2) is 9.59 Å². The molecule has 0 saturated carbocycles. The number of aliphatic carboxylic acids is 1. The van der Waals surface area contributed by atoms with Gasteiger partial charge in [-0.15, -0.1) is 11.8 Å². The molecule has 2 aromatic carbocycles. The number of nitrogens with zero attached hydrogens (tertiary/aromatic N) is 1. The van der Waals surface area contributed by atoms with Gasteiger partial charge in [0.1, 0.15) is 18.0 Å². The first-order valence-corrected chi connectivity index (χ1v) is 8.60. The highest BCUT2D eigenvalue weighted by atomic mass is 32.2. The summed E-state index contributed by atoms with van der Waals surface area (Å²) in [6, 6.07) is 17.8. The van der Waals surface area contributed by atoms with Gasteiger partial charge >= 0.3 is 12.1 Å². The van der Waals surface area contributed by atoms with Crippen molar-refractivity contribution in [2.45, 2.75) is 18.0 Å². The van der Waals surface area contributed by atoms with Crippen molar-refractivity contribution in [2.75, 3.05) is 5.75 Å². The number of hydrogen-bond donors (Lipinski definition) is 1. The summed E-state index contributed by atoms with van der Waals surface area (Å²) in [5, 5.41) is 9.07. The lowest BCUT2D eigenvalue weighted by atomic mass is 10.2. The Morgan fingerprint density at radius 2 is 1.71 bits per heavy atom. The van der Waals surface area contributed by atoms with Crippen LogP contribution in [0, 0.1) is 0 Å². The molecule has 2 aromatic rings. The van der Waals surface area contributed by atoms with Gasteiger partial charge in [0.15, 0.2) is 0 Å². The lowest BCUT2D eigenvalue weighted by Crippen LogP contribution is -2.43. The van der Waals surface area contributed by atoms with E-state index in [1.807, 2.05) is 60.7 Å². The van der Waals surface area contributed by atoms with E-state index in [1.54, 1.807) is 0 Å². The average Bonchev–Trinajstić information content (AvgIpc) is 3.07. The minimum Gasteiger partial charge on any atom is -0.480 e. The summed E-state index contributed by atoms with van der Waals surface area (Å²) in [6.45, 7) is 0.120. The normalized spacial score (nSPS) is 19.9. The molecule has 1 saturated heterocycles. The van der Waals surface area contributed by atoms with E-state index < -0.39 is 18.1 Å². The maximum atomic E-state index is 12.5. The van der Waals surface area contributed by atoms with Crippen molar-refractivity contribution in [3.63, 3.8) is 0 Å². The second-order valence-corrected chi connectivity index (χ2v) is 6.51. The van der Waals surface area contributed by atoms with E-state index in [1.165, 1.54) is 16.7 Å². The molecule has 3 rings (SSSR count). The minimum atomic E-state index is -1.02. The molecule has 6 heteroatoms. The van der Waals surface area contributed by atoms with Crippen LogP contribution in [-0.4, -0.2) is 33.9 Å². The van der Waals surface area contributed by atoms with Crippen molar-refractivity contribution in [3.05, 3.63) is 71.8 Å². The van der Waals surface area contributed by atoms with Crippen molar-refractivity contribution in [1.29, 1.82) is 0 Å². The van der Waals surface area contributed by atoms with Gasteiger partial charge in [0.25, 0.3) is 0 Å². The van der Waals surface area contributed by atoms with Gasteiger partial charge in [0.05, 0.1) is 0 Å². The Balaban J connectivity index is 1.77. The summed E-state index contributed by atoms with van der Waals surface area (Å²) in [6.07, 6.45) is -0.606. The first-order valence-electron chi connectivity index (χ1n) is 7.55. The topological polar surface area (TPSA) is 66.8 Å². The molecule has 1 aliphatic heterocycles. The van der Waals surface area contributed by atoms with Gasteiger partial charge in [-0.2, -0.15) is 0 Å². The second-order valence-electron chi connectivity index (χ2n) is 5.40. The first kappa shape index (κ1) is 16.4. The smallest absolute Gasteiger partial charge is 0.412 e. The zero-order valence-electron chi connectivity index (χ0n) is 12.9. The highest BCUT2D eigenvalue weighted by molar-refractivity contribution is 7.99. The maximum absolute atomic E-state index is 12.5. The number of carboxylic acids is 1. The summed E-state index contributed by atoms with van der Waals surface area (Å²) in [4.78, 5) is 25.4. The molecule has 24 heavy (non-hydrogen) atoms. The molecule has 5 nitrogen and oxygen atoms in total. The lowest BCUT2D eigenvalue weighted by molar-refractivity contribution is -0.141.